The van der Waals surface area contributed by atoms with Gasteiger partial charge in [0.25, 0.3) is 0 Å². The molecule has 2 aromatic carbocycles. The molecule has 126 valence electrons. The first kappa shape index (κ1) is 16.8. The molecule has 6 heteroatoms. The number of nitrogens with one attached hydrogen (secondary N) is 1. The van der Waals surface area contributed by atoms with Crippen molar-refractivity contribution in [2.45, 2.75) is 6.54 Å². The van der Waals surface area contributed by atoms with Gasteiger partial charge in [0.15, 0.2) is 0 Å². The van der Waals surface area contributed by atoms with Crippen molar-refractivity contribution in [2.75, 3.05) is 36.5 Å². The number of nitrogens with zero attached hydrogens (tertiary/aromatic N) is 1. The van der Waals surface area contributed by atoms with Gasteiger partial charge >= 0.3 is 5.97 Å². The molecule has 1 heterocycles. The average Bonchev–Trinajstić information content (AvgIpc) is 2.62. The Morgan fingerprint density at radius 2 is 1.88 bits per heavy atom. The van der Waals surface area contributed by atoms with E-state index in [4.69, 9.17) is 4.74 Å². The van der Waals surface area contributed by atoms with E-state index in [-0.39, 0.29) is 0 Å². The summed E-state index contributed by atoms with van der Waals surface area (Å²) in [6.07, 6.45) is 0. The van der Waals surface area contributed by atoms with Crippen molar-refractivity contribution in [3.63, 3.8) is 0 Å². The highest BCUT2D eigenvalue weighted by Crippen LogP contribution is 2.26. The van der Waals surface area contributed by atoms with E-state index in [0.29, 0.717) is 38.4 Å². The maximum atomic E-state index is 11.6. The van der Waals surface area contributed by atoms with Gasteiger partial charge in [-0.2, -0.15) is 0 Å². The second-order valence-corrected chi connectivity index (χ2v) is 6.53. The molecule has 1 aliphatic rings. The highest BCUT2D eigenvalue weighted by Gasteiger charge is 2.18. The van der Waals surface area contributed by atoms with Crippen LogP contribution in [0.2, 0.25) is 0 Å². The fourth-order valence-corrected chi connectivity index (χ4v) is 2.97. The van der Waals surface area contributed by atoms with Crippen LogP contribution in [0.15, 0.2) is 46.9 Å². The van der Waals surface area contributed by atoms with E-state index >= 15 is 0 Å². The van der Waals surface area contributed by atoms with Crippen molar-refractivity contribution < 1.29 is 14.6 Å². The summed E-state index contributed by atoms with van der Waals surface area (Å²) in [5.41, 5.74) is 3.00. The van der Waals surface area contributed by atoms with Gasteiger partial charge < -0.3 is 20.1 Å². The van der Waals surface area contributed by atoms with Gasteiger partial charge in [0.1, 0.15) is 0 Å². The first-order valence-corrected chi connectivity index (χ1v) is 8.61. The van der Waals surface area contributed by atoms with Crippen molar-refractivity contribution in [1.29, 1.82) is 0 Å². The molecule has 0 amide bonds. The van der Waals surface area contributed by atoms with E-state index in [1.165, 1.54) is 0 Å². The summed E-state index contributed by atoms with van der Waals surface area (Å²) in [7, 11) is 0. The lowest BCUT2D eigenvalue weighted by molar-refractivity contribution is 0.0696. The Bertz CT molecular complexity index is 713. The third-order valence-corrected chi connectivity index (χ3v) is 4.52. The van der Waals surface area contributed by atoms with Gasteiger partial charge in [0.2, 0.25) is 0 Å². The molecular weight excluding hydrogens is 372 g/mol. The topological polar surface area (TPSA) is 61.8 Å². The van der Waals surface area contributed by atoms with Gasteiger partial charge in [-0.3, -0.25) is 0 Å². The van der Waals surface area contributed by atoms with E-state index in [1.807, 2.05) is 36.4 Å². The minimum absolute atomic E-state index is 0.317. The molecule has 2 aromatic rings. The van der Waals surface area contributed by atoms with E-state index in [0.717, 1.165) is 21.4 Å². The van der Waals surface area contributed by atoms with Crippen LogP contribution in [-0.4, -0.2) is 37.4 Å². The number of halogens is 1. The predicted molar refractivity (Wildman–Crippen MR) is 97.9 cm³/mol. The van der Waals surface area contributed by atoms with E-state index in [2.05, 4.69) is 26.1 Å². The number of carbonyl (C=O) groups is 1. The van der Waals surface area contributed by atoms with Crippen molar-refractivity contribution in [3.05, 3.63) is 58.1 Å². The number of carboxylic acids is 1. The van der Waals surface area contributed by atoms with Crippen LogP contribution in [-0.2, 0) is 11.3 Å². The molecule has 2 N–H and O–H groups in total. The standard InChI is InChI=1S/C18H19BrN2O3/c19-14-3-1-13(2-4-14)12-20-15-5-6-17(16(11-15)18(22)23)21-7-9-24-10-8-21/h1-6,11,20H,7-10,12H2,(H,22,23). The van der Waals surface area contributed by atoms with Crippen LogP contribution < -0.4 is 10.2 Å². The van der Waals surface area contributed by atoms with Crippen LogP contribution in [0.25, 0.3) is 0 Å². The Labute approximate surface area is 149 Å². The zero-order valence-corrected chi connectivity index (χ0v) is 14.8. The molecule has 0 aliphatic carbocycles. The smallest absolute Gasteiger partial charge is 0.337 e. The van der Waals surface area contributed by atoms with Crippen molar-refractivity contribution in [1.82, 2.24) is 0 Å². The highest BCUT2D eigenvalue weighted by molar-refractivity contribution is 9.10. The third kappa shape index (κ3) is 4.07. The number of morpholine rings is 1. The molecule has 1 saturated heterocycles. The SMILES string of the molecule is O=C(O)c1cc(NCc2ccc(Br)cc2)ccc1N1CCOCC1. The Morgan fingerprint density at radius 1 is 1.17 bits per heavy atom. The number of rotatable bonds is 5. The van der Waals surface area contributed by atoms with Crippen molar-refractivity contribution in [3.8, 4) is 0 Å². The largest absolute Gasteiger partial charge is 0.478 e. The average molecular weight is 391 g/mol. The quantitative estimate of drug-likeness (QED) is 0.816. The minimum Gasteiger partial charge on any atom is -0.478 e. The molecule has 0 atom stereocenters. The van der Waals surface area contributed by atoms with Crippen LogP contribution in [0, 0.1) is 0 Å². The summed E-state index contributed by atoms with van der Waals surface area (Å²) in [5, 5.41) is 12.8. The summed E-state index contributed by atoms with van der Waals surface area (Å²) < 4.78 is 6.37. The summed E-state index contributed by atoms with van der Waals surface area (Å²) >= 11 is 3.41. The minimum atomic E-state index is -0.913. The van der Waals surface area contributed by atoms with Crippen LogP contribution >= 0.6 is 15.9 Å². The van der Waals surface area contributed by atoms with Gasteiger partial charge in [-0.25, -0.2) is 4.79 Å². The van der Waals surface area contributed by atoms with Gasteiger partial charge in [-0.1, -0.05) is 28.1 Å². The zero-order chi connectivity index (χ0) is 16.9. The Hall–Kier alpha value is -2.05. The molecule has 0 unspecified atom stereocenters. The van der Waals surface area contributed by atoms with Crippen molar-refractivity contribution in [2.24, 2.45) is 0 Å². The number of hydrogen-bond acceptors (Lipinski definition) is 4. The van der Waals surface area contributed by atoms with Crippen LogP contribution in [0.1, 0.15) is 15.9 Å². The first-order valence-electron chi connectivity index (χ1n) is 7.82. The highest BCUT2D eigenvalue weighted by atomic mass is 79.9. The summed E-state index contributed by atoms with van der Waals surface area (Å²) in [6, 6.07) is 13.5. The van der Waals surface area contributed by atoms with Crippen LogP contribution in [0.4, 0.5) is 11.4 Å². The lowest BCUT2D eigenvalue weighted by Crippen LogP contribution is -2.37. The maximum absolute atomic E-state index is 11.6. The fraction of sp³-hybridized carbons (Fsp3) is 0.278. The third-order valence-electron chi connectivity index (χ3n) is 3.99. The molecule has 0 saturated carbocycles. The zero-order valence-electron chi connectivity index (χ0n) is 13.2. The lowest BCUT2D eigenvalue weighted by atomic mass is 10.1. The first-order chi connectivity index (χ1) is 11.6. The summed E-state index contributed by atoms with van der Waals surface area (Å²) in [5.74, 6) is -0.913. The number of ether oxygens (including phenoxy) is 1. The van der Waals surface area contributed by atoms with Gasteiger partial charge in [-0.15, -0.1) is 0 Å². The summed E-state index contributed by atoms with van der Waals surface area (Å²) in [6.45, 7) is 3.33. The van der Waals surface area contributed by atoms with E-state index in [9.17, 15) is 9.90 Å². The Balaban J connectivity index is 1.75. The lowest BCUT2D eigenvalue weighted by Gasteiger charge is -2.30. The normalized spacial score (nSPS) is 14.5. The number of aromatic carboxylic acids is 1. The second kappa shape index (κ2) is 7.68. The molecule has 1 aliphatic heterocycles. The number of benzene rings is 2. The predicted octanol–water partition coefficient (Wildman–Crippen LogP) is 3.60. The van der Waals surface area contributed by atoms with Gasteiger partial charge in [0, 0.05) is 29.8 Å². The Morgan fingerprint density at radius 3 is 2.54 bits per heavy atom. The maximum Gasteiger partial charge on any atom is 0.337 e. The molecule has 24 heavy (non-hydrogen) atoms. The fourth-order valence-electron chi connectivity index (χ4n) is 2.70. The molecule has 0 bridgehead atoms. The molecule has 3 rings (SSSR count). The molecule has 1 fully saturated rings. The monoisotopic (exact) mass is 390 g/mol. The van der Waals surface area contributed by atoms with Gasteiger partial charge in [0.05, 0.1) is 24.5 Å². The van der Waals surface area contributed by atoms with Crippen LogP contribution in [0.5, 0.6) is 0 Å². The number of hydrogen-bond donors (Lipinski definition) is 2. The van der Waals surface area contributed by atoms with E-state index in [1.54, 1.807) is 6.07 Å². The summed E-state index contributed by atoms with van der Waals surface area (Å²) in [4.78, 5) is 13.7. The Kier molecular flexibility index (Phi) is 5.37. The number of anilines is 2. The molecule has 0 aromatic heterocycles. The van der Waals surface area contributed by atoms with Crippen LogP contribution in [0.3, 0.4) is 0 Å². The van der Waals surface area contributed by atoms with Gasteiger partial charge in [-0.05, 0) is 35.9 Å². The molecule has 5 nitrogen and oxygen atoms in total. The van der Waals surface area contributed by atoms with E-state index < -0.39 is 5.97 Å². The van der Waals surface area contributed by atoms with Crippen molar-refractivity contribution >= 4 is 33.3 Å². The molecule has 0 spiro atoms. The number of carboxylic acid groups (broad SMARTS) is 1. The molecule has 0 radical (unpaired) electrons. The molecular formula is C18H19BrN2O3. The second-order valence-electron chi connectivity index (χ2n) is 5.62.